The molecule has 104 valence electrons. The summed E-state index contributed by atoms with van der Waals surface area (Å²) in [5.74, 6) is -1.11. The molecule has 0 aliphatic heterocycles. The fourth-order valence-electron chi connectivity index (χ4n) is 1.38. The van der Waals surface area contributed by atoms with Crippen LogP contribution in [0.4, 0.5) is 10.1 Å². The average molecular weight is 287 g/mol. The Kier molecular flexibility index (Phi) is 5.29. The van der Waals surface area contributed by atoms with Gasteiger partial charge in [0.1, 0.15) is 11.4 Å². The van der Waals surface area contributed by atoms with Crippen LogP contribution in [0.2, 0.25) is 0 Å². The lowest BCUT2D eigenvalue weighted by atomic mass is 10.2. The zero-order chi connectivity index (χ0) is 14.6. The average Bonchev–Trinajstić information content (AvgIpc) is 2.29. The van der Waals surface area contributed by atoms with E-state index >= 15 is 0 Å². The molecule has 5 nitrogen and oxygen atoms in total. The van der Waals surface area contributed by atoms with E-state index in [4.69, 9.17) is 5.11 Å². The monoisotopic (exact) mass is 287 g/mol. The molecule has 7 heteroatoms. The van der Waals surface area contributed by atoms with E-state index in [0.29, 0.717) is 17.7 Å². The van der Waals surface area contributed by atoms with Gasteiger partial charge in [-0.25, -0.2) is 9.18 Å². The molecule has 0 saturated heterocycles. The number of nitro benzene ring substituents is 1. The minimum absolute atomic E-state index is 0.128. The van der Waals surface area contributed by atoms with Crippen molar-refractivity contribution in [3.63, 3.8) is 0 Å². The van der Waals surface area contributed by atoms with Crippen molar-refractivity contribution in [1.29, 1.82) is 0 Å². The summed E-state index contributed by atoms with van der Waals surface area (Å²) in [6.07, 6.45) is 0.851. The number of hydrogen-bond donors (Lipinski definition) is 1. The summed E-state index contributed by atoms with van der Waals surface area (Å²) in [6, 6.07) is 1.70. The summed E-state index contributed by atoms with van der Waals surface area (Å²) in [6.45, 7) is 4.05. The van der Waals surface area contributed by atoms with Gasteiger partial charge in [-0.15, -0.1) is 11.8 Å². The van der Waals surface area contributed by atoms with Gasteiger partial charge in [0.05, 0.1) is 11.0 Å². The van der Waals surface area contributed by atoms with Crippen LogP contribution < -0.4 is 0 Å². The van der Waals surface area contributed by atoms with Gasteiger partial charge in [-0.2, -0.15) is 0 Å². The van der Waals surface area contributed by atoms with Crippen molar-refractivity contribution >= 4 is 23.4 Å². The highest BCUT2D eigenvalue weighted by Crippen LogP contribution is 2.30. The van der Waals surface area contributed by atoms with E-state index in [1.807, 2.05) is 13.8 Å². The summed E-state index contributed by atoms with van der Waals surface area (Å²) in [7, 11) is 0. The van der Waals surface area contributed by atoms with Gasteiger partial charge in [0.2, 0.25) is 0 Å². The number of benzene rings is 1. The molecule has 0 amide bonds. The van der Waals surface area contributed by atoms with E-state index in [1.54, 1.807) is 0 Å². The van der Waals surface area contributed by atoms with Crippen LogP contribution in [0.25, 0.3) is 0 Å². The molecule has 0 fully saturated rings. The number of carbonyl (C=O) groups is 1. The molecule has 0 saturated carbocycles. The third-order valence-corrected chi connectivity index (χ3v) is 3.49. The van der Waals surface area contributed by atoms with Gasteiger partial charge in [0.25, 0.3) is 5.69 Å². The van der Waals surface area contributed by atoms with Gasteiger partial charge in [0.15, 0.2) is 0 Å². The van der Waals surface area contributed by atoms with Crippen LogP contribution in [0, 0.1) is 21.8 Å². The number of aromatic carboxylic acids is 1. The Morgan fingerprint density at radius 3 is 2.63 bits per heavy atom. The summed E-state index contributed by atoms with van der Waals surface area (Å²) in [5.41, 5.74) is -1.21. The lowest BCUT2D eigenvalue weighted by Crippen LogP contribution is -2.04. The molecular formula is C12H14FNO4S. The van der Waals surface area contributed by atoms with E-state index < -0.39 is 28.0 Å². The molecule has 0 unspecified atom stereocenters. The number of nitro groups is 1. The van der Waals surface area contributed by atoms with Crippen molar-refractivity contribution in [3.05, 3.63) is 33.6 Å². The molecule has 1 rings (SSSR count). The molecular weight excluding hydrogens is 273 g/mol. The van der Waals surface area contributed by atoms with Gasteiger partial charge < -0.3 is 5.11 Å². The van der Waals surface area contributed by atoms with Crippen molar-refractivity contribution in [2.24, 2.45) is 5.92 Å². The van der Waals surface area contributed by atoms with E-state index in [1.165, 1.54) is 11.8 Å². The first-order valence-electron chi connectivity index (χ1n) is 5.67. The van der Waals surface area contributed by atoms with Crippen LogP contribution >= 0.6 is 11.8 Å². The normalized spacial score (nSPS) is 10.7. The van der Waals surface area contributed by atoms with E-state index in [0.717, 1.165) is 12.5 Å². The molecule has 0 bridgehead atoms. The van der Waals surface area contributed by atoms with Gasteiger partial charge in [-0.3, -0.25) is 10.1 Å². The minimum Gasteiger partial charge on any atom is -0.477 e. The predicted octanol–water partition coefficient (Wildman–Crippen LogP) is 3.57. The second-order valence-electron chi connectivity index (χ2n) is 4.39. The smallest absolute Gasteiger partial charge is 0.342 e. The summed E-state index contributed by atoms with van der Waals surface area (Å²) < 4.78 is 13.7. The molecule has 0 aliphatic carbocycles. The van der Waals surface area contributed by atoms with Crippen LogP contribution in [0.15, 0.2) is 17.0 Å². The zero-order valence-electron chi connectivity index (χ0n) is 10.6. The number of halogens is 1. The summed E-state index contributed by atoms with van der Waals surface area (Å²) in [5, 5.41) is 19.6. The number of hydrogen-bond acceptors (Lipinski definition) is 4. The maximum absolute atomic E-state index is 13.7. The number of carboxylic acid groups (broad SMARTS) is 1. The SMILES string of the molecule is CC(C)CCSc1cc(C(=O)O)c([N+](=O)[O-])cc1F. The van der Waals surface area contributed by atoms with Gasteiger partial charge >= 0.3 is 5.97 Å². The van der Waals surface area contributed by atoms with E-state index in [2.05, 4.69) is 0 Å². The molecule has 1 aromatic carbocycles. The van der Waals surface area contributed by atoms with Crippen molar-refractivity contribution in [2.45, 2.75) is 25.2 Å². The fourth-order valence-corrected chi connectivity index (χ4v) is 2.59. The maximum atomic E-state index is 13.7. The minimum atomic E-state index is -1.43. The van der Waals surface area contributed by atoms with E-state index in [9.17, 15) is 19.3 Å². The van der Waals surface area contributed by atoms with Gasteiger partial charge in [0, 0.05) is 4.90 Å². The van der Waals surface area contributed by atoms with Crippen molar-refractivity contribution in [3.8, 4) is 0 Å². The molecule has 0 spiro atoms. The maximum Gasteiger partial charge on any atom is 0.342 e. The second kappa shape index (κ2) is 6.51. The number of rotatable bonds is 6. The van der Waals surface area contributed by atoms with Crippen LogP contribution in [-0.2, 0) is 0 Å². The highest BCUT2D eigenvalue weighted by Gasteiger charge is 2.23. The van der Waals surface area contributed by atoms with Crippen molar-refractivity contribution in [1.82, 2.24) is 0 Å². The summed E-state index contributed by atoms with van der Waals surface area (Å²) in [4.78, 5) is 20.8. The lowest BCUT2D eigenvalue weighted by Gasteiger charge is -2.07. The molecule has 0 radical (unpaired) electrons. The molecule has 0 aromatic heterocycles. The Hall–Kier alpha value is -1.63. The Morgan fingerprint density at radius 1 is 1.53 bits per heavy atom. The Bertz CT molecular complexity index is 505. The van der Waals surface area contributed by atoms with Crippen molar-refractivity contribution in [2.75, 3.05) is 5.75 Å². The van der Waals surface area contributed by atoms with E-state index in [-0.39, 0.29) is 4.90 Å². The molecule has 1 N–H and O–H groups in total. The molecule has 0 atom stereocenters. The van der Waals surface area contributed by atoms with Crippen LogP contribution in [0.1, 0.15) is 30.6 Å². The quantitative estimate of drug-likeness (QED) is 0.491. The largest absolute Gasteiger partial charge is 0.477 e. The van der Waals surface area contributed by atoms with Crippen LogP contribution in [0.5, 0.6) is 0 Å². The predicted molar refractivity (Wildman–Crippen MR) is 70.2 cm³/mol. The Labute approximate surface area is 114 Å². The number of thioether (sulfide) groups is 1. The first-order chi connectivity index (χ1) is 8.82. The lowest BCUT2D eigenvalue weighted by molar-refractivity contribution is -0.385. The zero-order valence-corrected chi connectivity index (χ0v) is 11.4. The third kappa shape index (κ3) is 4.20. The Morgan fingerprint density at radius 2 is 2.16 bits per heavy atom. The fraction of sp³-hybridized carbons (Fsp3) is 0.417. The first-order valence-corrected chi connectivity index (χ1v) is 6.65. The molecule has 0 aliphatic rings. The van der Waals surface area contributed by atoms with Gasteiger partial charge in [-0.1, -0.05) is 13.8 Å². The summed E-state index contributed by atoms with van der Waals surface area (Å²) >= 11 is 1.17. The number of nitrogens with zero attached hydrogens (tertiary/aromatic N) is 1. The molecule has 1 aromatic rings. The highest BCUT2D eigenvalue weighted by atomic mass is 32.2. The molecule has 19 heavy (non-hydrogen) atoms. The molecule has 0 heterocycles. The second-order valence-corrected chi connectivity index (χ2v) is 5.53. The number of carboxylic acids is 1. The van der Waals surface area contributed by atoms with Crippen molar-refractivity contribution < 1.29 is 19.2 Å². The Balaban J connectivity index is 3.04. The van der Waals surface area contributed by atoms with Gasteiger partial charge in [-0.05, 0) is 24.2 Å². The third-order valence-electron chi connectivity index (χ3n) is 2.43. The van der Waals surface area contributed by atoms with Crippen LogP contribution in [-0.4, -0.2) is 21.8 Å². The highest BCUT2D eigenvalue weighted by molar-refractivity contribution is 7.99. The van der Waals surface area contributed by atoms with Crippen LogP contribution in [0.3, 0.4) is 0 Å². The first kappa shape index (κ1) is 15.4. The standard InChI is InChI=1S/C12H14FNO4S/c1-7(2)3-4-19-11-5-8(12(15)16)10(14(17)18)6-9(11)13/h5-7H,3-4H2,1-2H3,(H,15,16). The topological polar surface area (TPSA) is 80.4 Å².